The highest BCUT2D eigenvalue weighted by Gasteiger charge is 2.32. The Balaban J connectivity index is 4.57. The van der Waals surface area contributed by atoms with Gasteiger partial charge in [0.2, 0.25) is 5.91 Å². The average Bonchev–Trinajstić information content (AvgIpc) is 2.42. The molecule has 3 N–H and O–H groups in total. The van der Waals surface area contributed by atoms with Gasteiger partial charge in [0.25, 0.3) is 0 Å². The zero-order valence-electron chi connectivity index (χ0n) is 13.0. The van der Waals surface area contributed by atoms with Crippen LogP contribution in [0.5, 0.6) is 0 Å². The standard InChI is InChI=1S/C14H31N3O2/c1-5-9-17(14(6-2,7-3)12-15)11-13(18)16-8-10-19-4/h5-12,15H2,1-4H3,(H,16,18). The number of ether oxygens (including phenoxy) is 1. The van der Waals surface area contributed by atoms with E-state index in [2.05, 4.69) is 31.0 Å². The van der Waals surface area contributed by atoms with E-state index in [9.17, 15) is 4.79 Å². The summed E-state index contributed by atoms with van der Waals surface area (Å²) in [5, 5.41) is 2.87. The fourth-order valence-electron chi connectivity index (χ4n) is 2.39. The molecule has 0 fully saturated rings. The van der Waals surface area contributed by atoms with Gasteiger partial charge in [-0.15, -0.1) is 0 Å². The summed E-state index contributed by atoms with van der Waals surface area (Å²) in [6.07, 6.45) is 2.95. The molecular weight excluding hydrogens is 242 g/mol. The molecule has 19 heavy (non-hydrogen) atoms. The molecule has 0 aromatic heterocycles. The smallest absolute Gasteiger partial charge is 0.234 e. The summed E-state index contributed by atoms with van der Waals surface area (Å²) in [4.78, 5) is 14.2. The van der Waals surface area contributed by atoms with Crippen LogP contribution in [0.4, 0.5) is 0 Å². The van der Waals surface area contributed by atoms with Gasteiger partial charge in [-0.3, -0.25) is 9.69 Å². The Labute approximate surface area is 117 Å². The minimum Gasteiger partial charge on any atom is -0.383 e. The SMILES string of the molecule is CCCN(CC(=O)NCCOC)C(CC)(CC)CN. The van der Waals surface area contributed by atoms with Crippen LogP contribution >= 0.6 is 0 Å². The third kappa shape index (κ3) is 5.89. The molecule has 0 aliphatic carbocycles. The van der Waals surface area contributed by atoms with E-state index in [0.717, 1.165) is 25.8 Å². The number of nitrogens with one attached hydrogen (secondary N) is 1. The highest BCUT2D eigenvalue weighted by atomic mass is 16.5. The number of hydrogen-bond acceptors (Lipinski definition) is 4. The lowest BCUT2D eigenvalue weighted by Gasteiger charge is -2.42. The van der Waals surface area contributed by atoms with Gasteiger partial charge in [-0.1, -0.05) is 20.8 Å². The van der Waals surface area contributed by atoms with Crippen molar-refractivity contribution >= 4 is 5.91 Å². The van der Waals surface area contributed by atoms with Crippen molar-refractivity contribution < 1.29 is 9.53 Å². The second-order valence-corrected chi connectivity index (χ2v) is 4.90. The van der Waals surface area contributed by atoms with Crippen LogP contribution in [-0.4, -0.2) is 56.2 Å². The minimum absolute atomic E-state index is 0.0465. The van der Waals surface area contributed by atoms with Gasteiger partial charge in [0, 0.05) is 25.7 Å². The molecule has 0 atom stereocenters. The van der Waals surface area contributed by atoms with E-state index in [1.807, 2.05) is 0 Å². The van der Waals surface area contributed by atoms with Gasteiger partial charge < -0.3 is 15.8 Å². The lowest BCUT2D eigenvalue weighted by Crippen LogP contribution is -2.56. The second kappa shape index (κ2) is 10.2. The average molecular weight is 273 g/mol. The fraction of sp³-hybridized carbons (Fsp3) is 0.929. The highest BCUT2D eigenvalue weighted by Crippen LogP contribution is 2.22. The Morgan fingerprint density at radius 3 is 2.37 bits per heavy atom. The monoisotopic (exact) mass is 273 g/mol. The molecule has 0 saturated carbocycles. The summed E-state index contributed by atoms with van der Waals surface area (Å²) in [6, 6.07) is 0. The lowest BCUT2D eigenvalue weighted by molar-refractivity contribution is -0.124. The van der Waals surface area contributed by atoms with Crippen molar-refractivity contribution in [3.8, 4) is 0 Å². The van der Waals surface area contributed by atoms with Crippen LogP contribution in [0.25, 0.3) is 0 Å². The fourth-order valence-corrected chi connectivity index (χ4v) is 2.39. The largest absolute Gasteiger partial charge is 0.383 e. The zero-order chi connectivity index (χ0) is 14.7. The molecule has 114 valence electrons. The van der Waals surface area contributed by atoms with E-state index in [0.29, 0.717) is 26.2 Å². The normalized spacial score (nSPS) is 11.9. The van der Waals surface area contributed by atoms with Gasteiger partial charge in [0.15, 0.2) is 0 Å². The molecule has 5 nitrogen and oxygen atoms in total. The van der Waals surface area contributed by atoms with E-state index in [1.165, 1.54) is 0 Å². The van der Waals surface area contributed by atoms with Crippen molar-refractivity contribution in [2.75, 3.05) is 39.9 Å². The van der Waals surface area contributed by atoms with Crippen LogP contribution in [0.15, 0.2) is 0 Å². The number of carbonyl (C=O) groups excluding carboxylic acids is 1. The molecule has 0 bridgehead atoms. The molecule has 1 amide bonds. The molecule has 0 aliphatic rings. The van der Waals surface area contributed by atoms with Gasteiger partial charge >= 0.3 is 0 Å². The first-order valence-corrected chi connectivity index (χ1v) is 7.30. The maximum atomic E-state index is 11.9. The van der Waals surface area contributed by atoms with Crippen molar-refractivity contribution in [3.05, 3.63) is 0 Å². The molecule has 0 rings (SSSR count). The quantitative estimate of drug-likeness (QED) is 0.551. The molecular formula is C14H31N3O2. The molecule has 0 unspecified atom stereocenters. The second-order valence-electron chi connectivity index (χ2n) is 4.90. The molecule has 0 radical (unpaired) electrons. The van der Waals surface area contributed by atoms with Gasteiger partial charge in [-0.05, 0) is 25.8 Å². The molecule has 0 spiro atoms. The molecule has 0 aromatic rings. The number of amides is 1. The molecule has 0 heterocycles. The molecule has 0 aliphatic heterocycles. The number of hydrogen-bond donors (Lipinski definition) is 2. The first-order valence-electron chi connectivity index (χ1n) is 7.30. The van der Waals surface area contributed by atoms with Crippen LogP contribution in [0.2, 0.25) is 0 Å². The predicted octanol–water partition coefficient (Wildman–Crippen LogP) is 0.979. The maximum absolute atomic E-state index is 11.9. The van der Waals surface area contributed by atoms with E-state index < -0.39 is 0 Å². The van der Waals surface area contributed by atoms with Crippen LogP contribution in [0, 0.1) is 0 Å². The first-order chi connectivity index (χ1) is 9.10. The summed E-state index contributed by atoms with van der Waals surface area (Å²) < 4.78 is 4.93. The number of rotatable bonds is 11. The van der Waals surface area contributed by atoms with Crippen molar-refractivity contribution in [3.63, 3.8) is 0 Å². The summed E-state index contributed by atoms with van der Waals surface area (Å²) in [7, 11) is 1.63. The Kier molecular flexibility index (Phi) is 9.83. The highest BCUT2D eigenvalue weighted by molar-refractivity contribution is 5.78. The third-order valence-electron chi connectivity index (χ3n) is 3.82. The summed E-state index contributed by atoms with van der Waals surface area (Å²) in [6.45, 7) is 9.41. The van der Waals surface area contributed by atoms with Crippen molar-refractivity contribution in [1.82, 2.24) is 10.2 Å². The summed E-state index contributed by atoms with van der Waals surface area (Å²) in [5.41, 5.74) is 5.90. The van der Waals surface area contributed by atoms with E-state index >= 15 is 0 Å². The van der Waals surface area contributed by atoms with E-state index in [-0.39, 0.29) is 11.4 Å². The Morgan fingerprint density at radius 2 is 1.95 bits per heavy atom. The third-order valence-corrected chi connectivity index (χ3v) is 3.82. The van der Waals surface area contributed by atoms with Crippen LogP contribution in [0.1, 0.15) is 40.0 Å². The van der Waals surface area contributed by atoms with Gasteiger partial charge in [0.1, 0.15) is 0 Å². The predicted molar refractivity (Wildman–Crippen MR) is 79.1 cm³/mol. The van der Waals surface area contributed by atoms with Gasteiger partial charge in [0.05, 0.1) is 13.2 Å². The maximum Gasteiger partial charge on any atom is 0.234 e. The summed E-state index contributed by atoms with van der Waals surface area (Å²) in [5.74, 6) is 0.0465. The number of nitrogens with zero attached hydrogens (tertiary/aromatic N) is 1. The van der Waals surface area contributed by atoms with Crippen LogP contribution in [0.3, 0.4) is 0 Å². The Morgan fingerprint density at radius 1 is 1.32 bits per heavy atom. The topological polar surface area (TPSA) is 67.6 Å². The van der Waals surface area contributed by atoms with E-state index in [4.69, 9.17) is 10.5 Å². The Hall–Kier alpha value is -0.650. The minimum atomic E-state index is -0.0609. The number of methoxy groups -OCH3 is 1. The van der Waals surface area contributed by atoms with Gasteiger partial charge in [-0.2, -0.15) is 0 Å². The van der Waals surface area contributed by atoms with Crippen molar-refractivity contribution in [1.29, 1.82) is 0 Å². The van der Waals surface area contributed by atoms with Gasteiger partial charge in [-0.25, -0.2) is 0 Å². The first kappa shape index (κ1) is 18.4. The molecule has 0 aromatic carbocycles. The van der Waals surface area contributed by atoms with E-state index in [1.54, 1.807) is 7.11 Å². The number of carbonyl (C=O) groups is 1. The van der Waals surface area contributed by atoms with Crippen molar-refractivity contribution in [2.45, 2.75) is 45.6 Å². The Bertz CT molecular complexity index is 235. The molecule has 0 saturated heterocycles. The zero-order valence-corrected chi connectivity index (χ0v) is 13.0. The summed E-state index contributed by atoms with van der Waals surface area (Å²) >= 11 is 0. The van der Waals surface area contributed by atoms with Crippen molar-refractivity contribution in [2.24, 2.45) is 5.73 Å². The van der Waals surface area contributed by atoms with Crippen LogP contribution < -0.4 is 11.1 Å². The lowest BCUT2D eigenvalue weighted by atomic mass is 9.90. The number of nitrogens with two attached hydrogens (primary N) is 1. The van der Waals surface area contributed by atoms with Crippen LogP contribution in [-0.2, 0) is 9.53 Å². The molecule has 5 heteroatoms.